The van der Waals surface area contributed by atoms with Crippen molar-refractivity contribution in [2.75, 3.05) is 12.3 Å². The summed E-state index contributed by atoms with van der Waals surface area (Å²) in [6.45, 7) is 1.07. The van der Waals surface area contributed by atoms with E-state index >= 15 is 0 Å². The van der Waals surface area contributed by atoms with Gasteiger partial charge in [0.15, 0.2) is 6.54 Å². The molecule has 1 amide bonds. The van der Waals surface area contributed by atoms with Crippen molar-refractivity contribution in [3.63, 3.8) is 0 Å². The predicted molar refractivity (Wildman–Crippen MR) is 95.4 cm³/mol. The summed E-state index contributed by atoms with van der Waals surface area (Å²) in [6.07, 6.45) is 0. The summed E-state index contributed by atoms with van der Waals surface area (Å²) in [4.78, 5) is 11.3. The Bertz CT molecular complexity index is 874. The molecule has 24 heavy (non-hydrogen) atoms. The van der Waals surface area contributed by atoms with Crippen molar-refractivity contribution in [2.45, 2.75) is 13.1 Å². The summed E-state index contributed by atoms with van der Waals surface area (Å²) >= 11 is 3.39. The minimum atomic E-state index is -0.430. The maximum Gasteiger partial charge on any atom is 0.356 e. The van der Waals surface area contributed by atoms with E-state index in [0.29, 0.717) is 19.1 Å². The molecule has 2 aromatic carbocycles. The van der Waals surface area contributed by atoms with Gasteiger partial charge in [0.1, 0.15) is 29.9 Å². The summed E-state index contributed by atoms with van der Waals surface area (Å²) in [7, 11) is 0. The Kier molecular flexibility index (Phi) is 4.71. The smallest absolute Gasteiger partial charge is 0.356 e. The molecule has 3 aromatic rings. The minimum absolute atomic E-state index is 0.0485. The van der Waals surface area contributed by atoms with Crippen LogP contribution in [0, 0.1) is 0 Å². The number of ether oxygens (including phenoxy) is 1. The quantitative estimate of drug-likeness (QED) is 0.630. The van der Waals surface area contributed by atoms with Crippen molar-refractivity contribution in [3.8, 4) is 5.75 Å². The molecule has 0 bridgehead atoms. The number of anilines is 1. The Hall–Kier alpha value is -2.54. The number of nitrogen functional groups attached to an aromatic ring is 1. The summed E-state index contributed by atoms with van der Waals surface area (Å²) in [5.41, 5.74) is 13.4. The highest BCUT2D eigenvalue weighted by Gasteiger charge is 2.21. The van der Waals surface area contributed by atoms with Crippen molar-refractivity contribution >= 4 is 38.8 Å². The number of primary amides is 1. The van der Waals surface area contributed by atoms with E-state index in [1.165, 1.54) is 0 Å². The van der Waals surface area contributed by atoms with Crippen LogP contribution in [0.2, 0.25) is 0 Å². The highest BCUT2D eigenvalue weighted by molar-refractivity contribution is 9.10. The number of aromatic nitrogens is 2. The summed E-state index contributed by atoms with van der Waals surface area (Å²) in [6, 6.07) is 15.4. The SMILES string of the molecule is NC(=O)C[n+]1c(N)n(CCOc2ccc(Br)cc2)c2ccccc21. The van der Waals surface area contributed by atoms with Crippen molar-refractivity contribution in [3.05, 3.63) is 53.0 Å². The lowest BCUT2D eigenvalue weighted by Gasteiger charge is -2.06. The van der Waals surface area contributed by atoms with Crippen LogP contribution in [0.3, 0.4) is 0 Å². The van der Waals surface area contributed by atoms with E-state index in [1.54, 1.807) is 4.57 Å². The van der Waals surface area contributed by atoms with Crippen molar-refractivity contribution in [1.82, 2.24) is 4.57 Å². The fraction of sp³-hybridized carbons (Fsp3) is 0.176. The zero-order valence-electron chi connectivity index (χ0n) is 13.0. The lowest BCUT2D eigenvalue weighted by atomic mass is 10.3. The predicted octanol–water partition coefficient (Wildman–Crippen LogP) is 1.84. The van der Waals surface area contributed by atoms with Crippen LogP contribution in [0.4, 0.5) is 5.95 Å². The van der Waals surface area contributed by atoms with Crippen LogP contribution in [0.15, 0.2) is 53.0 Å². The van der Waals surface area contributed by atoms with Gasteiger partial charge in [0, 0.05) is 4.47 Å². The monoisotopic (exact) mass is 389 g/mol. The molecule has 0 unspecified atom stereocenters. The first-order valence-electron chi connectivity index (χ1n) is 7.49. The Morgan fingerprint density at radius 2 is 1.88 bits per heavy atom. The molecule has 124 valence electrons. The van der Waals surface area contributed by atoms with E-state index in [9.17, 15) is 4.79 Å². The Morgan fingerprint density at radius 3 is 2.58 bits per heavy atom. The second-order valence-electron chi connectivity index (χ2n) is 5.35. The van der Waals surface area contributed by atoms with Gasteiger partial charge in [0.05, 0.1) is 0 Å². The van der Waals surface area contributed by atoms with Gasteiger partial charge in [-0.2, -0.15) is 0 Å². The lowest BCUT2D eigenvalue weighted by Crippen LogP contribution is -2.42. The van der Waals surface area contributed by atoms with Gasteiger partial charge in [-0.05, 0) is 36.4 Å². The number of fused-ring (bicyclic) bond motifs is 1. The molecule has 0 aliphatic heterocycles. The molecule has 1 heterocycles. The van der Waals surface area contributed by atoms with Crippen LogP contribution in [-0.4, -0.2) is 17.1 Å². The number of para-hydroxylation sites is 2. The van der Waals surface area contributed by atoms with Crippen LogP contribution in [-0.2, 0) is 17.9 Å². The lowest BCUT2D eigenvalue weighted by molar-refractivity contribution is -0.644. The van der Waals surface area contributed by atoms with E-state index in [1.807, 2.05) is 53.1 Å². The minimum Gasteiger partial charge on any atom is -0.490 e. The number of hydrogen-bond acceptors (Lipinski definition) is 3. The Labute approximate surface area is 147 Å². The second kappa shape index (κ2) is 6.92. The summed E-state index contributed by atoms with van der Waals surface area (Å²) < 4.78 is 10.4. The van der Waals surface area contributed by atoms with Gasteiger partial charge in [0.2, 0.25) is 0 Å². The zero-order valence-corrected chi connectivity index (χ0v) is 14.6. The number of hydrogen-bond donors (Lipinski definition) is 2. The van der Waals surface area contributed by atoms with Gasteiger partial charge in [-0.1, -0.05) is 28.1 Å². The highest BCUT2D eigenvalue weighted by atomic mass is 79.9. The first-order valence-corrected chi connectivity index (χ1v) is 8.29. The average molecular weight is 390 g/mol. The molecule has 0 spiro atoms. The molecule has 7 heteroatoms. The number of carbonyl (C=O) groups excluding carboxylic acids is 1. The van der Waals surface area contributed by atoms with E-state index in [-0.39, 0.29) is 6.54 Å². The van der Waals surface area contributed by atoms with Gasteiger partial charge in [-0.25, -0.2) is 9.13 Å². The normalized spacial score (nSPS) is 10.9. The van der Waals surface area contributed by atoms with Gasteiger partial charge < -0.3 is 10.5 Å². The fourth-order valence-corrected chi connectivity index (χ4v) is 2.92. The number of nitrogens with two attached hydrogens (primary N) is 2. The van der Waals surface area contributed by atoms with Crippen LogP contribution in [0.25, 0.3) is 11.0 Å². The van der Waals surface area contributed by atoms with Crippen LogP contribution < -0.4 is 20.8 Å². The molecule has 0 saturated carbocycles. The van der Waals surface area contributed by atoms with E-state index in [4.69, 9.17) is 16.2 Å². The average Bonchev–Trinajstić information content (AvgIpc) is 2.82. The first kappa shape index (κ1) is 16.3. The highest BCUT2D eigenvalue weighted by Crippen LogP contribution is 2.18. The number of carbonyl (C=O) groups is 1. The number of benzene rings is 2. The number of halogens is 1. The molecule has 0 saturated heterocycles. The van der Waals surface area contributed by atoms with Gasteiger partial charge >= 0.3 is 5.95 Å². The maximum atomic E-state index is 11.3. The molecular formula is C17H18BrN4O2+. The summed E-state index contributed by atoms with van der Waals surface area (Å²) in [5, 5.41) is 0. The molecule has 0 fully saturated rings. The van der Waals surface area contributed by atoms with E-state index in [2.05, 4.69) is 15.9 Å². The van der Waals surface area contributed by atoms with Crippen molar-refractivity contribution in [2.24, 2.45) is 5.73 Å². The van der Waals surface area contributed by atoms with Crippen LogP contribution in [0.1, 0.15) is 0 Å². The van der Waals surface area contributed by atoms with Crippen LogP contribution in [0.5, 0.6) is 5.75 Å². The van der Waals surface area contributed by atoms with Crippen LogP contribution >= 0.6 is 15.9 Å². The van der Waals surface area contributed by atoms with Gasteiger partial charge in [-0.15, -0.1) is 0 Å². The topological polar surface area (TPSA) is 87.2 Å². The number of amides is 1. The maximum absolute atomic E-state index is 11.3. The van der Waals surface area contributed by atoms with Gasteiger partial charge in [-0.3, -0.25) is 10.5 Å². The Morgan fingerprint density at radius 1 is 1.17 bits per heavy atom. The third kappa shape index (κ3) is 3.35. The molecular weight excluding hydrogens is 372 g/mol. The molecule has 0 atom stereocenters. The molecule has 3 rings (SSSR count). The molecule has 1 aromatic heterocycles. The second-order valence-corrected chi connectivity index (χ2v) is 6.27. The van der Waals surface area contributed by atoms with E-state index < -0.39 is 5.91 Å². The number of imidazole rings is 1. The van der Waals surface area contributed by atoms with Gasteiger partial charge in [0.25, 0.3) is 5.91 Å². The largest absolute Gasteiger partial charge is 0.490 e. The summed E-state index contributed by atoms with van der Waals surface area (Å²) in [5.74, 6) is 0.841. The molecule has 0 aliphatic rings. The molecule has 0 aliphatic carbocycles. The van der Waals surface area contributed by atoms with E-state index in [0.717, 1.165) is 21.3 Å². The van der Waals surface area contributed by atoms with Crippen molar-refractivity contribution in [1.29, 1.82) is 0 Å². The van der Waals surface area contributed by atoms with Crippen molar-refractivity contribution < 1.29 is 14.1 Å². The number of rotatable bonds is 6. The molecule has 0 radical (unpaired) electrons. The Balaban J connectivity index is 1.82. The molecule has 6 nitrogen and oxygen atoms in total. The number of nitrogens with zero attached hydrogens (tertiary/aromatic N) is 2. The zero-order chi connectivity index (χ0) is 17.1. The third-order valence-corrected chi connectivity index (χ3v) is 4.26. The first-order chi connectivity index (χ1) is 11.6. The standard InChI is InChI=1S/C17H17BrN4O2/c18-12-5-7-13(8-6-12)24-10-9-21-14-3-1-2-4-15(14)22(17(21)20)11-16(19)23/h1-8,20H,9-11H2,(H2,19,23)/p+1. The fourth-order valence-electron chi connectivity index (χ4n) is 2.66. The molecule has 4 N–H and O–H groups in total. The third-order valence-electron chi connectivity index (χ3n) is 3.73.